The summed E-state index contributed by atoms with van der Waals surface area (Å²) >= 11 is 0. The molecule has 1 atom stereocenters. The van der Waals surface area contributed by atoms with Crippen molar-refractivity contribution in [1.29, 1.82) is 0 Å². The van der Waals surface area contributed by atoms with Crippen LogP contribution in [0.5, 0.6) is 0 Å². The van der Waals surface area contributed by atoms with Gasteiger partial charge in [0.05, 0.1) is 18.0 Å². The van der Waals surface area contributed by atoms with Gasteiger partial charge < -0.3 is 5.11 Å². The van der Waals surface area contributed by atoms with Gasteiger partial charge in [-0.1, -0.05) is 48.5 Å². The van der Waals surface area contributed by atoms with Crippen molar-refractivity contribution in [1.82, 2.24) is 9.78 Å². The van der Waals surface area contributed by atoms with Crippen molar-refractivity contribution in [2.45, 2.75) is 19.8 Å². The average molecular weight is 292 g/mol. The van der Waals surface area contributed by atoms with Crippen LogP contribution in [0.1, 0.15) is 28.4 Å². The van der Waals surface area contributed by atoms with Gasteiger partial charge in [-0.3, -0.25) is 0 Å². The van der Waals surface area contributed by atoms with Crippen molar-refractivity contribution < 1.29 is 5.11 Å². The van der Waals surface area contributed by atoms with E-state index in [2.05, 4.69) is 24.2 Å². The lowest BCUT2D eigenvalue weighted by Crippen LogP contribution is -2.08. The van der Waals surface area contributed by atoms with Crippen LogP contribution in [-0.4, -0.2) is 21.5 Å². The van der Waals surface area contributed by atoms with Crippen LogP contribution >= 0.6 is 0 Å². The van der Waals surface area contributed by atoms with E-state index in [-0.39, 0.29) is 12.5 Å². The monoisotopic (exact) mass is 292 g/mol. The van der Waals surface area contributed by atoms with Crippen molar-refractivity contribution in [2.75, 3.05) is 6.61 Å². The number of hydrogen-bond donors (Lipinski definition) is 1. The summed E-state index contributed by atoms with van der Waals surface area (Å²) in [6, 6.07) is 20.2. The van der Waals surface area contributed by atoms with Crippen molar-refractivity contribution >= 4 is 0 Å². The van der Waals surface area contributed by atoms with Crippen LogP contribution in [0.15, 0.2) is 60.7 Å². The molecule has 0 saturated heterocycles. The minimum atomic E-state index is -0.0429. The Morgan fingerprint density at radius 1 is 0.955 bits per heavy atom. The van der Waals surface area contributed by atoms with E-state index in [0.717, 1.165) is 28.2 Å². The summed E-state index contributed by atoms with van der Waals surface area (Å²) in [4.78, 5) is 0. The maximum absolute atomic E-state index is 9.92. The first-order valence-electron chi connectivity index (χ1n) is 7.49. The summed E-state index contributed by atoms with van der Waals surface area (Å²) in [7, 11) is 0. The van der Waals surface area contributed by atoms with E-state index in [1.165, 1.54) is 0 Å². The van der Waals surface area contributed by atoms with Gasteiger partial charge in [0.15, 0.2) is 0 Å². The summed E-state index contributed by atoms with van der Waals surface area (Å²) in [5.41, 5.74) is 5.30. The van der Waals surface area contributed by atoms with Gasteiger partial charge in [-0.2, -0.15) is 5.10 Å². The summed E-state index contributed by atoms with van der Waals surface area (Å²) in [6.45, 7) is 4.15. The lowest BCUT2D eigenvalue weighted by Gasteiger charge is -2.16. The minimum Gasteiger partial charge on any atom is -0.395 e. The van der Waals surface area contributed by atoms with E-state index >= 15 is 0 Å². The van der Waals surface area contributed by atoms with Gasteiger partial charge in [0.1, 0.15) is 0 Å². The number of benzene rings is 2. The largest absolute Gasteiger partial charge is 0.395 e. The molecule has 0 bridgehead atoms. The maximum atomic E-state index is 9.92. The maximum Gasteiger partial charge on any atom is 0.0648 e. The molecule has 1 N–H and O–H groups in total. The fraction of sp³-hybridized carbons (Fsp3) is 0.211. The highest BCUT2D eigenvalue weighted by Crippen LogP contribution is 2.30. The summed E-state index contributed by atoms with van der Waals surface area (Å²) in [5, 5.41) is 14.6. The molecule has 0 amide bonds. The molecule has 22 heavy (non-hydrogen) atoms. The van der Waals surface area contributed by atoms with E-state index in [0.29, 0.717) is 0 Å². The first-order chi connectivity index (χ1) is 10.7. The molecular formula is C19H20N2O. The molecule has 0 aliphatic carbocycles. The van der Waals surface area contributed by atoms with Crippen molar-refractivity contribution in [3.63, 3.8) is 0 Å². The summed E-state index contributed by atoms with van der Waals surface area (Å²) < 4.78 is 1.95. The molecule has 3 rings (SSSR count). The zero-order valence-corrected chi connectivity index (χ0v) is 12.9. The number of nitrogens with zero attached hydrogens (tertiary/aromatic N) is 2. The number of rotatable bonds is 4. The lowest BCUT2D eigenvalue weighted by atomic mass is 9.90. The SMILES string of the molecule is Cc1nn(-c2ccccc2)c(C)c1C(CO)c1ccccc1. The molecule has 1 unspecified atom stereocenters. The Bertz CT molecular complexity index is 748. The van der Waals surface area contributed by atoms with Crippen LogP contribution in [-0.2, 0) is 0 Å². The average Bonchev–Trinajstić information content (AvgIpc) is 2.86. The van der Waals surface area contributed by atoms with E-state index in [4.69, 9.17) is 0 Å². The molecule has 2 aromatic carbocycles. The first kappa shape index (κ1) is 14.5. The van der Waals surface area contributed by atoms with E-state index in [1.807, 2.05) is 60.1 Å². The predicted octanol–water partition coefficient (Wildman–Crippen LogP) is 3.61. The van der Waals surface area contributed by atoms with E-state index in [9.17, 15) is 5.11 Å². The second kappa shape index (κ2) is 6.16. The molecule has 1 heterocycles. The zero-order chi connectivity index (χ0) is 15.5. The number of aliphatic hydroxyl groups is 1. The standard InChI is InChI=1S/C19H20N2O/c1-14-19(18(13-22)16-9-5-3-6-10-16)15(2)21(20-14)17-11-7-4-8-12-17/h3-12,18,22H,13H2,1-2H3. The number of para-hydroxylation sites is 1. The number of aryl methyl sites for hydroxylation is 1. The van der Waals surface area contributed by atoms with Gasteiger partial charge >= 0.3 is 0 Å². The third kappa shape index (κ3) is 2.55. The third-order valence-electron chi connectivity index (χ3n) is 4.08. The Labute approximate surface area is 130 Å². The zero-order valence-electron chi connectivity index (χ0n) is 12.9. The smallest absolute Gasteiger partial charge is 0.0648 e. The fourth-order valence-corrected chi connectivity index (χ4v) is 3.03. The Kier molecular flexibility index (Phi) is 4.07. The lowest BCUT2D eigenvalue weighted by molar-refractivity contribution is 0.280. The quantitative estimate of drug-likeness (QED) is 0.797. The van der Waals surface area contributed by atoms with Crippen molar-refractivity contribution in [2.24, 2.45) is 0 Å². The van der Waals surface area contributed by atoms with E-state index < -0.39 is 0 Å². The Morgan fingerprint density at radius 3 is 2.14 bits per heavy atom. The summed E-state index contributed by atoms with van der Waals surface area (Å²) in [6.07, 6.45) is 0. The van der Waals surface area contributed by atoms with Gasteiger partial charge in [-0.05, 0) is 31.5 Å². The van der Waals surface area contributed by atoms with Crippen LogP contribution in [0, 0.1) is 13.8 Å². The Balaban J connectivity index is 2.10. The highest BCUT2D eigenvalue weighted by atomic mass is 16.3. The van der Waals surface area contributed by atoms with Gasteiger partial charge in [0.25, 0.3) is 0 Å². The number of aliphatic hydroxyl groups excluding tert-OH is 1. The molecule has 1 aromatic heterocycles. The van der Waals surface area contributed by atoms with Crippen molar-refractivity contribution in [3.8, 4) is 5.69 Å². The second-order valence-corrected chi connectivity index (χ2v) is 5.48. The Morgan fingerprint density at radius 2 is 1.55 bits per heavy atom. The summed E-state index contributed by atoms with van der Waals surface area (Å²) in [5.74, 6) is -0.0429. The van der Waals surface area contributed by atoms with Crippen LogP contribution in [0.4, 0.5) is 0 Å². The van der Waals surface area contributed by atoms with Crippen molar-refractivity contribution in [3.05, 3.63) is 83.2 Å². The second-order valence-electron chi connectivity index (χ2n) is 5.48. The highest BCUT2D eigenvalue weighted by molar-refractivity contribution is 5.42. The van der Waals surface area contributed by atoms with Crippen LogP contribution in [0.2, 0.25) is 0 Å². The van der Waals surface area contributed by atoms with Gasteiger partial charge in [0, 0.05) is 17.2 Å². The number of hydrogen-bond acceptors (Lipinski definition) is 2. The molecule has 0 saturated carbocycles. The van der Waals surface area contributed by atoms with E-state index in [1.54, 1.807) is 0 Å². The van der Waals surface area contributed by atoms with Crippen LogP contribution in [0.25, 0.3) is 5.69 Å². The molecule has 0 spiro atoms. The molecule has 3 nitrogen and oxygen atoms in total. The van der Waals surface area contributed by atoms with Crippen LogP contribution < -0.4 is 0 Å². The topological polar surface area (TPSA) is 38.0 Å². The molecule has 3 heteroatoms. The molecule has 0 aliphatic heterocycles. The third-order valence-corrected chi connectivity index (χ3v) is 4.08. The first-order valence-corrected chi connectivity index (χ1v) is 7.49. The van der Waals surface area contributed by atoms with Gasteiger partial charge in [-0.15, -0.1) is 0 Å². The molecule has 112 valence electrons. The molecule has 0 fully saturated rings. The Hall–Kier alpha value is -2.39. The normalized spacial score (nSPS) is 12.3. The molecule has 3 aromatic rings. The number of aromatic nitrogens is 2. The highest BCUT2D eigenvalue weighted by Gasteiger charge is 2.22. The molecule has 0 aliphatic rings. The van der Waals surface area contributed by atoms with Gasteiger partial charge in [0.2, 0.25) is 0 Å². The predicted molar refractivity (Wildman–Crippen MR) is 88.4 cm³/mol. The van der Waals surface area contributed by atoms with Gasteiger partial charge in [-0.25, -0.2) is 4.68 Å². The molecule has 0 radical (unpaired) electrons. The van der Waals surface area contributed by atoms with Crippen LogP contribution in [0.3, 0.4) is 0 Å². The fourth-order valence-electron chi connectivity index (χ4n) is 3.03. The minimum absolute atomic E-state index is 0.0429. The molecular weight excluding hydrogens is 272 g/mol.